The maximum absolute atomic E-state index is 5.58. The van der Waals surface area contributed by atoms with E-state index in [0.717, 1.165) is 24.5 Å². The third kappa shape index (κ3) is 3.06. The van der Waals surface area contributed by atoms with Crippen LogP contribution in [0.1, 0.15) is 18.9 Å². The fourth-order valence-electron chi connectivity index (χ4n) is 2.24. The molecule has 0 radical (unpaired) electrons. The summed E-state index contributed by atoms with van der Waals surface area (Å²) in [6, 6.07) is 0. The molecular formula is C12H21N5. The Hall–Kier alpha value is -1.36. The van der Waals surface area contributed by atoms with Crippen molar-refractivity contribution in [3.63, 3.8) is 0 Å². The Morgan fingerprint density at radius 3 is 3.12 bits per heavy atom. The Morgan fingerprint density at radius 2 is 2.41 bits per heavy atom. The van der Waals surface area contributed by atoms with Gasteiger partial charge in [-0.3, -0.25) is 0 Å². The largest absolute Gasteiger partial charge is 0.369 e. The summed E-state index contributed by atoms with van der Waals surface area (Å²) in [4.78, 5) is 10.7. The van der Waals surface area contributed by atoms with Crippen molar-refractivity contribution in [2.24, 2.45) is 5.92 Å². The molecule has 1 fully saturated rings. The zero-order valence-corrected chi connectivity index (χ0v) is 10.6. The number of aromatic nitrogens is 2. The Balaban J connectivity index is 1.88. The number of hydrogen-bond acceptors (Lipinski definition) is 5. The SMILES string of the molecule is CCN1CCC(CNc2nc(N)ncc2C)C1. The van der Waals surface area contributed by atoms with Gasteiger partial charge in [0.15, 0.2) is 0 Å². The van der Waals surface area contributed by atoms with Crippen LogP contribution in [0.25, 0.3) is 0 Å². The fourth-order valence-corrected chi connectivity index (χ4v) is 2.24. The van der Waals surface area contributed by atoms with Crippen molar-refractivity contribution in [1.82, 2.24) is 14.9 Å². The smallest absolute Gasteiger partial charge is 0.221 e. The summed E-state index contributed by atoms with van der Waals surface area (Å²) >= 11 is 0. The van der Waals surface area contributed by atoms with E-state index in [0.29, 0.717) is 11.9 Å². The van der Waals surface area contributed by atoms with Crippen molar-refractivity contribution >= 4 is 11.8 Å². The molecule has 0 amide bonds. The minimum absolute atomic E-state index is 0.333. The number of nitrogens with one attached hydrogen (secondary N) is 1. The zero-order valence-electron chi connectivity index (χ0n) is 10.6. The zero-order chi connectivity index (χ0) is 12.3. The second-order valence-electron chi connectivity index (χ2n) is 4.69. The Kier molecular flexibility index (Phi) is 3.78. The number of rotatable bonds is 4. The predicted octanol–water partition coefficient (Wildman–Crippen LogP) is 1.12. The number of hydrogen-bond donors (Lipinski definition) is 2. The van der Waals surface area contributed by atoms with E-state index in [9.17, 15) is 0 Å². The molecule has 0 aliphatic carbocycles. The van der Waals surface area contributed by atoms with Crippen LogP contribution in [0.2, 0.25) is 0 Å². The Morgan fingerprint density at radius 1 is 1.59 bits per heavy atom. The first-order valence-corrected chi connectivity index (χ1v) is 6.24. The average Bonchev–Trinajstić information content (AvgIpc) is 2.78. The number of nitrogen functional groups attached to an aromatic ring is 1. The van der Waals surface area contributed by atoms with Gasteiger partial charge in [-0.2, -0.15) is 4.98 Å². The molecule has 0 spiro atoms. The molecular weight excluding hydrogens is 214 g/mol. The summed E-state index contributed by atoms with van der Waals surface area (Å²) in [6.07, 6.45) is 3.03. The molecule has 1 atom stereocenters. The molecule has 0 saturated carbocycles. The maximum Gasteiger partial charge on any atom is 0.221 e. The van der Waals surface area contributed by atoms with Crippen molar-refractivity contribution in [3.05, 3.63) is 11.8 Å². The van der Waals surface area contributed by atoms with E-state index < -0.39 is 0 Å². The lowest BCUT2D eigenvalue weighted by Crippen LogP contribution is -2.23. The van der Waals surface area contributed by atoms with Gasteiger partial charge in [0.1, 0.15) is 5.82 Å². The molecule has 17 heavy (non-hydrogen) atoms. The van der Waals surface area contributed by atoms with Crippen molar-refractivity contribution in [1.29, 1.82) is 0 Å². The van der Waals surface area contributed by atoms with Crippen LogP contribution < -0.4 is 11.1 Å². The molecule has 1 saturated heterocycles. The van der Waals surface area contributed by atoms with Crippen LogP contribution in [0.15, 0.2) is 6.20 Å². The highest BCUT2D eigenvalue weighted by molar-refractivity contribution is 5.45. The van der Waals surface area contributed by atoms with Crippen molar-refractivity contribution in [2.75, 3.05) is 37.2 Å². The average molecular weight is 235 g/mol. The lowest BCUT2D eigenvalue weighted by molar-refractivity contribution is 0.345. The van der Waals surface area contributed by atoms with Crippen molar-refractivity contribution in [3.8, 4) is 0 Å². The molecule has 3 N–H and O–H groups in total. The van der Waals surface area contributed by atoms with Crippen LogP contribution in [-0.2, 0) is 0 Å². The summed E-state index contributed by atoms with van der Waals surface area (Å²) < 4.78 is 0. The van der Waals surface area contributed by atoms with Gasteiger partial charge in [0.25, 0.3) is 0 Å². The first kappa shape index (κ1) is 12.1. The van der Waals surface area contributed by atoms with Gasteiger partial charge in [0.2, 0.25) is 5.95 Å². The summed E-state index contributed by atoms with van der Waals surface area (Å²) in [7, 11) is 0. The van der Waals surface area contributed by atoms with Gasteiger partial charge in [-0.1, -0.05) is 6.92 Å². The van der Waals surface area contributed by atoms with Crippen LogP contribution in [0.4, 0.5) is 11.8 Å². The molecule has 1 aromatic heterocycles. The van der Waals surface area contributed by atoms with Crippen LogP contribution in [0, 0.1) is 12.8 Å². The van der Waals surface area contributed by atoms with Gasteiger partial charge < -0.3 is 16.0 Å². The minimum atomic E-state index is 0.333. The lowest BCUT2D eigenvalue weighted by atomic mass is 10.1. The number of nitrogens with two attached hydrogens (primary N) is 1. The first-order valence-electron chi connectivity index (χ1n) is 6.24. The quantitative estimate of drug-likeness (QED) is 0.818. The lowest BCUT2D eigenvalue weighted by Gasteiger charge is -2.14. The van der Waals surface area contributed by atoms with E-state index in [-0.39, 0.29) is 0 Å². The normalized spacial score (nSPS) is 20.7. The topological polar surface area (TPSA) is 67.1 Å². The van der Waals surface area contributed by atoms with E-state index >= 15 is 0 Å². The molecule has 5 heteroatoms. The van der Waals surface area contributed by atoms with Gasteiger partial charge in [0.05, 0.1) is 0 Å². The maximum atomic E-state index is 5.58. The molecule has 1 aliphatic heterocycles. The number of aryl methyl sites for hydroxylation is 1. The van der Waals surface area contributed by atoms with E-state index in [1.54, 1.807) is 6.20 Å². The number of anilines is 2. The van der Waals surface area contributed by atoms with Gasteiger partial charge >= 0.3 is 0 Å². The fraction of sp³-hybridized carbons (Fsp3) is 0.667. The van der Waals surface area contributed by atoms with Crippen LogP contribution in [0.3, 0.4) is 0 Å². The van der Waals surface area contributed by atoms with E-state index in [1.807, 2.05) is 6.92 Å². The molecule has 1 unspecified atom stereocenters. The van der Waals surface area contributed by atoms with Crippen LogP contribution in [0.5, 0.6) is 0 Å². The molecule has 1 aliphatic rings. The van der Waals surface area contributed by atoms with Gasteiger partial charge in [0, 0.05) is 24.8 Å². The third-order valence-electron chi connectivity index (χ3n) is 3.37. The van der Waals surface area contributed by atoms with Crippen LogP contribution >= 0.6 is 0 Å². The van der Waals surface area contributed by atoms with Crippen molar-refractivity contribution in [2.45, 2.75) is 20.3 Å². The molecule has 5 nitrogen and oxygen atoms in total. The second-order valence-corrected chi connectivity index (χ2v) is 4.69. The highest BCUT2D eigenvalue weighted by Crippen LogP contribution is 2.17. The van der Waals surface area contributed by atoms with Crippen LogP contribution in [-0.4, -0.2) is 41.0 Å². The molecule has 0 bridgehead atoms. The van der Waals surface area contributed by atoms with Gasteiger partial charge in [-0.05, 0) is 32.4 Å². The van der Waals surface area contributed by atoms with E-state index in [1.165, 1.54) is 19.5 Å². The second kappa shape index (κ2) is 5.31. The third-order valence-corrected chi connectivity index (χ3v) is 3.37. The van der Waals surface area contributed by atoms with E-state index in [4.69, 9.17) is 5.73 Å². The van der Waals surface area contributed by atoms with Crippen molar-refractivity contribution < 1.29 is 0 Å². The predicted molar refractivity (Wildman–Crippen MR) is 69.9 cm³/mol. The highest BCUT2D eigenvalue weighted by atomic mass is 15.1. The molecule has 0 aromatic carbocycles. The summed E-state index contributed by atoms with van der Waals surface area (Å²) in [5.41, 5.74) is 6.63. The molecule has 1 aromatic rings. The molecule has 2 rings (SSSR count). The number of likely N-dealkylation sites (tertiary alicyclic amines) is 1. The summed E-state index contributed by atoms with van der Waals surface area (Å²) in [5.74, 6) is 1.91. The first-order chi connectivity index (χ1) is 8.19. The van der Waals surface area contributed by atoms with Gasteiger partial charge in [-0.15, -0.1) is 0 Å². The van der Waals surface area contributed by atoms with Gasteiger partial charge in [-0.25, -0.2) is 4.98 Å². The Labute approximate surface area is 102 Å². The molecule has 94 valence electrons. The monoisotopic (exact) mass is 235 g/mol. The standard InChI is InChI=1S/C12H21N5/c1-3-17-5-4-10(8-17)7-14-11-9(2)6-15-12(13)16-11/h6,10H,3-5,7-8H2,1-2H3,(H3,13,14,15,16). The molecule has 2 heterocycles. The minimum Gasteiger partial charge on any atom is -0.369 e. The summed E-state index contributed by atoms with van der Waals surface area (Å²) in [6.45, 7) is 8.72. The highest BCUT2D eigenvalue weighted by Gasteiger charge is 2.20. The number of nitrogens with zero attached hydrogens (tertiary/aromatic N) is 3. The Bertz CT molecular complexity index is 379. The van der Waals surface area contributed by atoms with E-state index in [2.05, 4.69) is 27.1 Å². The summed E-state index contributed by atoms with van der Waals surface area (Å²) in [5, 5.41) is 3.38.